The molecule has 2 aromatic heterocycles. The second-order valence-electron chi connectivity index (χ2n) is 6.09. The van der Waals surface area contributed by atoms with Crippen molar-refractivity contribution >= 4 is 16.7 Å². The highest BCUT2D eigenvalue weighted by molar-refractivity contribution is 5.81. The van der Waals surface area contributed by atoms with Gasteiger partial charge < -0.3 is 10.6 Å². The van der Waals surface area contributed by atoms with Crippen LogP contribution in [0.4, 0.5) is 5.82 Å². The van der Waals surface area contributed by atoms with Gasteiger partial charge in [0.1, 0.15) is 5.82 Å². The molecule has 5 heteroatoms. The molecule has 0 saturated carbocycles. The van der Waals surface area contributed by atoms with E-state index in [0.717, 1.165) is 43.9 Å². The Morgan fingerprint density at radius 1 is 1.17 bits per heavy atom. The summed E-state index contributed by atoms with van der Waals surface area (Å²) in [6.07, 6.45) is 4.72. The van der Waals surface area contributed by atoms with Gasteiger partial charge in [-0.25, -0.2) is 4.68 Å². The molecule has 0 aliphatic carbocycles. The number of fused-ring (bicyclic) bond motifs is 2. The second kappa shape index (κ2) is 6.38. The Bertz CT molecular complexity index is 789. The Kier molecular flexibility index (Phi) is 3.94. The number of pyridine rings is 1. The lowest BCUT2D eigenvalue weighted by molar-refractivity contribution is 0.393. The molecular weight excluding hydrogens is 286 g/mol. The topological polar surface area (TPSA) is 54.8 Å². The van der Waals surface area contributed by atoms with Crippen molar-refractivity contribution in [3.8, 4) is 0 Å². The minimum Gasteiger partial charge on any atom is -0.370 e. The Balaban J connectivity index is 1.31. The molecule has 0 spiro atoms. The smallest absolute Gasteiger partial charge is 0.124 e. The van der Waals surface area contributed by atoms with Gasteiger partial charge in [0, 0.05) is 43.2 Å². The van der Waals surface area contributed by atoms with E-state index in [1.165, 1.54) is 10.9 Å². The van der Waals surface area contributed by atoms with Crippen LogP contribution >= 0.6 is 0 Å². The molecule has 118 valence electrons. The van der Waals surface area contributed by atoms with Crippen molar-refractivity contribution in [3.63, 3.8) is 0 Å². The number of hydrogen-bond donors (Lipinski definition) is 2. The third-order valence-electron chi connectivity index (χ3n) is 4.44. The zero-order valence-electron chi connectivity index (χ0n) is 13.1. The molecular formula is C18H21N5. The Hall–Kier alpha value is -2.40. The fourth-order valence-electron chi connectivity index (χ4n) is 3.22. The Labute approximate surface area is 135 Å². The van der Waals surface area contributed by atoms with Crippen LogP contribution in [-0.2, 0) is 13.0 Å². The van der Waals surface area contributed by atoms with Crippen LogP contribution in [0.2, 0.25) is 0 Å². The van der Waals surface area contributed by atoms with Gasteiger partial charge in [0.2, 0.25) is 0 Å². The molecule has 2 N–H and O–H groups in total. The zero-order valence-corrected chi connectivity index (χ0v) is 13.1. The van der Waals surface area contributed by atoms with Gasteiger partial charge >= 0.3 is 0 Å². The van der Waals surface area contributed by atoms with Crippen molar-refractivity contribution in [2.75, 3.05) is 25.0 Å². The molecule has 0 radical (unpaired) electrons. The van der Waals surface area contributed by atoms with Gasteiger partial charge in [0.15, 0.2) is 0 Å². The fourth-order valence-corrected chi connectivity index (χ4v) is 3.22. The molecule has 1 unspecified atom stereocenters. The quantitative estimate of drug-likeness (QED) is 0.710. The first kappa shape index (κ1) is 14.2. The standard InChI is InChI=1S/C18H21N5/c1-3-15-5-2-8-20-18(15)16(4-1)6-9-19-11-14-12-21-17-7-10-22-23(17)13-14/h1-5,7-8,10,14,19,21H,6,9,11-13H2. The van der Waals surface area contributed by atoms with Crippen LogP contribution in [0.25, 0.3) is 10.9 Å². The molecule has 1 atom stereocenters. The van der Waals surface area contributed by atoms with Crippen molar-refractivity contribution < 1.29 is 0 Å². The number of benzene rings is 1. The minimum absolute atomic E-state index is 0.577. The molecule has 1 aromatic carbocycles. The largest absolute Gasteiger partial charge is 0.370 e. The summed E-state index contributed by atoms with van der Waals surface area (Å²) < 4.78 is 2.05. The first-order valence-electron chi connectivity index (χ1n) is 8.19. The van der Waals surface area contributed by atoms with E-state index in [-0.39, 0.29) is 0 Å². The van der Waals surface area contributed by atoms with Crippen LogP contribution in [0.5, 0.6) is 0 Å². The zero-order chi connectivity index (χ0) is 15.5. The second-order valence-corrected chi connectivity index (χ2v) is 6.09. The lowest BCUT2D eigenvalue weighted by atomic mass is 10.1. The fraction of sp³-hybridized carbons (Fsp3) is 0.333. The average Bonchev–Trinajstić information content (AvgIpc) is 3.06. The maximum Gasteiger partial charge on any atom is 0.124 e. The van der Waals surface area contributed by atoms with Crippen molar-refractivity contribution in [1.29, 1.82) is 0 Å². The van der Waals surface area contributed by atoms with E-state index in [1.54, 1.807) is 0 Å². The molecule has 0 fully saturated rings. The van der Waals surface area contributed by atoms with E-state index in [2.05, 4.69) is 45.0 Å². The van der Waals surface area contributed by atoms with E-state index < -0.39 is 0 Å². The van der Waals surface area contributed by atoms with Gasteiger partial charge in [-0.3, -0.25) is 4.98 Å². The molecule has 0 saturated heterocycles. The third kappa shape index (κ3) is 3.05. The van der Waals surface area contributed by atoms with Crippen LogP contribution in [0.1, 0.15) is 5.56 Å². The number of nitrogens with one attached hydrogen (secondary N) is 2. The van der Waals surface area contributed by atoms with Crippen molar-refractivity contribution in [2.45, 2.75) is 13.0 Å². The summed E-state index contributed by atoms with van der Waals surface area (Å²) in [5.74, 6) is 1.70. The molecule has 5 nitrogen and oxygen atoms in total. The number of aromatic nitrogens is 3. The summed E-state index contributed by atoms with van der Waals surface area (Å²) in [6.45, 7) is 3.97. The normalized spacial score (nSPS) is 17.0. The molecule has 0 bridgehead atoms. The van der Waals surface area contributed by atoms with Gasteiger partial charge in [0.05, 0.1) is 11.7 Å². The van der Waals surface area contributed by atoms with Gasteiger partial charge in [-0.05, 0) is 24.6 Å². The van der Waals surface area contributed by atoms with Gasteiger partial charge in [-0.1, -0.05) is 24.3 Å². The van der Waals surface area contributed by atoms with E-state index in [1.807, 2.05) is 29.2 Å². The highest BCUT2D eigenvalue weighted by Gasteiger charge is 2.17. The predicted molar refractivity (Wildman–Crippen MR) is 92.5 cm³/mol. The van der Waals surface area contributed by atoms with Gasteiger partial charge in [-0.15, -0.1) is 0 Å². The Morgan fingerprint density at radius 3 is 3.13 bits per heavy atom. The monoisotopic (exact) mass is 307 g/mol. The number of anilines is 1. The average molecular weight is 307 g/mol. The number of para-hydroxylation sites is 1. The summed E-state index contributed by atoms with van der Waals surface area (Å²) in [7, 11) is 0. The van der Waals surface area contributed by atoms with Gasteiger partial charge in [0.25, 0.3) is 0 Å². The first-order chi connectivity index (χ1) is 11.4. The van der Waals surface area contributed by atoms with E-state index in [4.69, 9.17) is 0 Å². The van der Waals surface area contributed by atoms with Crippen LogP contribution < -0.4 is 10.6 Å². The van der Waals surface area contributed by atoms with Crippen LogP contribution in [0.3, 0.4) is 0 Å². The minimum atomic E-state index is 0.577. The van der Waals surface area contributed by atoms with Crippen LogP contribution in [-0.4, -0.2) is 34.4 Å². The summed E-state index contributed by atoms with van der Waals surface area (Å²) in [5, 5.41) is 12.6. The summed E-state index contributed by atoms with van der Waals surface area (Å²) in [5.41, 5.74) is 2.43. The van der Waals surface area contributed by atoms with E-state index >= 15 is 0 Å². The van der Waals surface area contributed by atoms with Gasteiger partial charge in [-0.2, -0.15) is 5.10 Å². The number of nitrogens with zero attached hydrogens (tertiary/aromatic N) is 3. The molecule has 23 heavy (non-hydrogen) atoms. The highest BCUT2D eigenvalue weighted by atomic mass is 15.3. The van der Waals surface area contributed by atoms with E-state index in [9.17, 15) is 0 Å². The van der Waals surface area contributed by atoms with Crippen molar-refractivity contribution in [2.24, 2.45) is 5.92 Å². The molecule has 4 rings (SSSR count). The maximum atomic E-state index is 4.52. The lowest BCUT2D eigenvalue weighted by Crippen LogP contribution is -2.36. The molecule has 3 aromatic rings. The maximum absolute atomic E-state index is 4.52. The number of hydrogen-bond acceptors (Lipinski definition) is 4. The van der Waals surface area contributed by atoms with E-state index in [0.29, 0.717) is 5.92 Å². The van der Waals surface area contributed by atoms with Crippen LogP contribution in [0.15, 0.2) is 48.8 Å². The lowest BCUT2D eigenvalue weighted by Gasteiger charge is -2.25. The van der Waals surface area contributed by atoms with Crippen molar-refractivity contribution in [3.05, 3.63) is 54.4 Å². The van der Waals surface area contributed by atoms with Crippen molar-refractivity contribution in [1.82, 2.24) is 20.1 Å². The SMILES string of the molecule is c1cnc2c(CCNCC3CNc4ccnn4C3)cccc2c1. The predicted octanol–water partition coefficient (Wildman–Crippen LogP) is 2.31. The first-order valence-corrected chi connectivity index (χ1v) is 8.19. The van der Waals surface area contributed by atoms with Crippen LogP contribution in [0, 0.1) is 5.92 Å². The molecule has 3 heterocycles. The Morgan fingerprint density at radius 2 is 2.13 bits per heavy atom. The molecule has 1 aliphatic heterocycles. The third-order valence-corrected chi connectivity index (χ3v) is 4.44. The number of rotatable bonds is 5. The highest BCUT2D eigenvalue weighted by Crippen LogP contribution is 2.17. The summed E-state index contributed by atoms with van der Waals surface area (Å²) in [4.78, 5) is 4.52. The molecule has 0 amide bonds. The summed E-state index contributed by atoms with van der Waals surface area (Å²) in [6, 6.07) is 12.5. The molecule has 1 aliphatic rings. The summed E-state index contributed by atoms with van der Waals surface area (Å²) >= 11 is 0.